The summed E-state index contributed by atoms with van der Waals surface area (Å²) in [6.07, 6.45) is 1.43. The van der Waals surface area contributed by atoms with Gasteiger partial charge in [-0.15, -0.1) is 0 Å². The molecule has 0 bridgehead atoms. The van der Waals surface area contributed by atoms with Gasteiger partial charge in [0.05, 0.1) is 19.0 Å². The number of nitrogens with zero attached hydrogens (tertiary/aromatic N) is 3. The lowest BCUT2D eigenvalue weighted by molar-refractivity contribution is -0.141. The van der Waals surface area contributed by atoms with E-state index in [4.69, 9.17) is 11.6 Å². The quantitative estimate of drug-likeness (QED) is 0.783. The minimum atomic E-state index is -0.560. The summed E-state index contributed by atoms with van der Waals surface area (Å²) in [6, 6.07) is 0. The van der Waals surface area contributed by atoms with Gasteiger partial charge >= 0.3 is 5.97 Å². The van der Waals surface area contributed by atoms with Crippen LogP contribution >= 0.6 is 11.6 Å². The Balaban J connectivity index is 2.90. The van der Waals surface area contributed by atoms with E-state index in [9.17, 15) is 9.59 Å². The summed E-state index contributed by atoms with van der Waals surface area (Å²) in [6.45, 7) is 4.43. The molecule has 1 aromatic heterocycles. The summed E-state index contributed by atoms with van der Waals surface area (Å²) in [4.78, 5) is 25.2. The van der Waals surface area contributed by atoms with Crippen LogP contribution in [0.5, 0.6) is 0 Å². The lowest BCUT2D eigenvalue weighted by atomic mass is 10.0. The number of nitrogens with one attached hydrogen (secondary N) is 1. The summed E-state index contributed by atoms with van der Waals surface area (Å²) in [5, 5.41) is 7.02. The first-order valence-corrected chi connectivity index (χ1v) is 6.80. The van der Waals surface area contributed by atoms with Crippen LogP contribution in [0.3, 0.4) is 0 Å². The molecule has 1 rings (SSSR count). The van der Waals surface area contributed by atoms with Gasteiger partial charge in [0.1, 0.15) is 11.6 Å². The molecule has 0 aromatic carbocycles. The second-order valence-electron chi connectivity index (χ2n) is 5.47. The Morgan fingerprint density at radius 2 is 2.14 bits per heavy atom. The zero-order valence-corrected chi connectivity index (χ0v) is 13.7. The minimum Gasteiger partial charge on any atom is -0.468 e. The first-order chi connectivity index (χ1) is 9.69. The summed E-state index contributed by atoms with van der Waals surface area (Å²) in [5.41, 5.74) is -0.211. The maximum absolute atomic E-state index is 12.0. The minimum absolute atomic E-state index is 0.00320. The molecule has 0 aliphatic rings. The van der Waals surface area contributed by atoms with Crippen molar-refractivity contribution in [3.05, 3.63) is 21.6 Å². The zero-order chi connectivity index (χ0) is 16.2. The van der Waals surface area contributed by atoms with Gasteiger partial charge in [0, 0.05) is 12.1 Å². The van der Waals surface area contributed by atoms with Crippen LogP contribution < -0.4 is 10.9 Å². The average Bonchev–Trinajstić information content (AvgIpc) is 2.42. The third kappa shape index (κ3) is 4.44. The fraction of sp³-hybridized carbons (Fsp3) is 0.615. The molecule has 1 aromatic rings. The Bertz CT molecular complexity index is 569. The number of ether oxygens (including phenoxy) is 1. The Kier molecular flexibility index (Phi) is 5.74. The van der Waals surface area contributed by atoms with E-state index in [1.165, 1.54) is 13.3 Å². The number of esters is 1. The molecule has 0 aliphatic heterocycles. The molecule has 0 atom stereocenters. The van der Waals surface area contributed by atoms with Crippen molar-refractivity contribution >= 4 is 23.3 Å². The van der Waals surface area contributed by atoms with Crippen LogP contribution in [0.15, 0.2) is 11.0 Å². The molecule has 7 nitrogen and oxygen atoms in total. The molecule has 21 heavy (non-hydrogen) atoms. The van der Waals surface area contributed by atoms with E-state index >= 15 is 0 Å². The standard InChI is InChI=1S/C13H21ClN4O3/c1-13(2,17(3)4)8-15-9-6-16-18(7-10(19)21-5)12(20)11(9)14/h6,15H,7-8H2,1-5H3. The maximum Gasteiger partial charge on any atom is 0.327 e. The van der Waals surface area contributed by atoms with E-state index in [1.54, 1.807) is 0 Å². The zero-order valence-electron chi connectivity index (χ0n) is 12.9. The molecule has 0 radical (unpaired) electrons. The molecule has 8 heteroatoms. The summed E-state index contributed by atoms with van der Waals surface area (Å²) in [7, 11) is 5.18. The van der Waals surface area contributed by atoms with Crippen LogP contribution in [0.1, 0.15) is 13.8 Å². The molecule has 0 fully saturated rings. The van der Waals surface area contributed by atoms with Gasteiger partial charge in [-0.1, -0.05) is 11.6 Å². The Morgan fingerprint density at radius 1 is 1.52 bits per heavy atom. The number of carbonyl (C=O) groups excluding carboxylic acids is 1. The average molecular weight is 317 g/mol. The van der Waals surface area contributed by atoms with Crippen LogP contribution in [0.2, 0.25) is 5.02 Å². The number of likely N-dealkylation sites (N-methyl/N-ethyl adjacent to an activating group) is 1. The Morgan fingerprint density at radius 3 is 2.67 bits per heavy atom. The summed E-state index contributed by atoms with van der Waals surface area (Å²) >= 11 is 6.03. The molecular weight excluding hydrogens is 296 g/mol. The number of aromatic nitrogens is 2. The normalized spacial score (nSPS) is 11.6. The monoisotopic (exact) mass is 316 g/mol. The van der Waals surface area contributed by atoms with Crippen LogP contribution in [-0.2, 0) is 16.1 Å². The molecule has 0 amide bonds. The molecule has 0 aliphatic carbocycles. The predicted molar refractivity (Wildman–Crippen MR) is 81.8 cm³/mol. The van der Waals surface area contributed by atoms with Crippen molar-refractivity contribution in [1.82, 2.24) is 14.7 Å². The Hall–Kier alpha value is -1.60. The second kappa shape index (κ2) is 6.91. The molecule has 0 saturated heterocycles. The van der Waals surface area contributed by atoms with Crippen molar-refractivity contribution in [1.29, 1.82) is 0 Å². The van der Waals surface area contributed by atoms with Gasteiger partial charge in [0.15, 0.2) is 0 Å². The number of rotatable bonds is 6. The van der Waals surface area contributed by atoms with Gasteiger partial charge in [0.25, 0.3) is 5.56 Å². The smallest absolute Gasteiger partial charge is 0.327 e. The lowest BCUT2D eigenvalue weighted by Crippen LogP contribution is -2.44. The number of hydrogen-bond donors (Lipinski definition) is 1. The molecule has 0 spiro atoms. The number of halogens is 1. The fourth-order valence-corrected chi connectivity index (χ4v) is 1.57. The Labute approximate surface area is 128 Å². The third-order valence-electron chi connectivity index (χ3n) is 3.41. The SMILES string of the molecule is COC(=O)Cn1ncc(NCC(C)(C)N(C)C)c(Cl)c1=O. The first-order valence-electron chi connectivity index (χ1n) is 6.43. The van der Waals surface area contributed by atoms with Gasteiger partial charge in [-0.2, -0.15) is 5.10 Å². The van der Waals surface area contributed by atoms with Crippen molar-refractivity contribution in [2.45, 2.75) is 25.9 Å². The fourth-order valence-electron chi connectivity index (χ4n) is 1.36. The van der Waals surface area contributed by atoms with Crippen molar-refractivity contribution in [3.8, 4) is 0 Å². The van der Waals surface area contributed by atoms with Crippen molar-refractivity contribution in [3.63, 3.8) is 0 Å². The van der Waals surface area contributed by atoms with E-state index in [0.717, 1.165) is 4.68 Å². The number of hydrogen-bond acceptors (Lipinski definition) is 6. The third-order valence-corrected chi connectivity index (χ3v) is 3.78. The molecule has 1 heterocycles. The van der Waals surface area contributed by atoms with Gasteiger partial charge < -0.3 is 15.0 Å². The highest BCUT2D eigenvalue weighted by Crippen LogP contribution is 2.18. The number of carbonyl (C=O) groups is 1. The summed E-state index contributed by atoms with van der Waals surface area (Å²) < 4.78 is 5.46. The first kappa shape index (κ1) is 17.5. The van der Waals surface area contributed by atoms with Crippen LogP contribution in [0, 0.1) is 0 Å². The molecule has 0 unspecified atom stereocenters. The second-order valence-corrected chi connectivity index (χ2v) is 5.85. The number of methoxy groups -OCH3 is 1. The van der Waals surface area contributed by atoms with E-state index in [-0.39, 0.29) is 17.1 Å². The summed E-state index contributed by atoms with van der Waals surface area (Å²) in [5.74, 6) is -0.560. The van der Waals surface area contributed by atoms with Gasteiger partial charge in [0.2, 0.25) is 0 Å². The number of anilines is 1. The van der Waals surface area contributed by atoms with Crippen LogP contribution in [0.25, 0.3) is 0 Å². The van der Waals surface area contributed by atoms with Gasteiger partial charge in [-0.3, -0.25) is 9.59 Å². The van der Waals surface area contributed by atoms with Crippen molar-refractivity contribution in [2.24, 2.45) is 0 Å². The van der Waals surface area contributed by atoms with Crippen LogP contribution in [-0.4, -0.2) is 53.9 Å². The van der Waals surface area contributed by atoms with Crippen molar-refractivity contribution < 1.29 is 9.53 Å². The van der Waals surface area contributed by atoms with E-state index in [0.29, 0.717) is 12.2 Å². The van der Waals surface area contributed by atoms with Gasteiger partial charge in [-0.05, 0) is 27.9 Å². The van der Waals surface area contributed by atoms with Crippen LogP contribution in [0.4, 0.5) is 5.69 Å². The highest BCUT2D eigenvalue weighted by Gasteiger charge is 2.21. The molecule has 0 saturated carbocycles. The highest BCUT2D eigenvalue weighted by molar-refractivity contribution is 6.32. The van der Waals surface area contributed by atoms with E-state index in [2.05, 4.69) is 33.9 Å². The topological polar surface area (TPSA) is 76.5 Å². The predicted octanol–water partition coefficient (Wildman–Crippen LogP) is 0.822. The van der Waals surface area contributed by atoms with E-state index in [1.807, 2.05) is 14.1 Å². The molecule has 1 N–H and O–H groups in total. The highest BCUT2D eigenvalue weighted by atomic mass is 35.5. The maximum atomic E-state index is 12.0. The van der Waals surface area contributed by atoms with E-state index < -0.39 is 11.5 Å². The molecular formula is C13H21ClN4O3. The van der Waals surface area contributed by atoms with Gasteiger partial charge in [-0.25, -0.2) is 4.68 Å². The van der Waals surface area contributed by atoms with Crippen molar-refractivity contribution in [2.75, 3.05) is 33.1 Å². The lowest BCUT2D eigenvalue weighted by Gasteiger charge is -2.33. The largest absolute Gasteiger partial charge is 0.468 e. The molecule has 118 valence electrons.